The molecule has 1 aliphatic carbocycles. The third-order valence-electron chi connectivity index (χ3n) is 5.49. The summed E-state index contributed by atoms with van der Waals surface area (Å²) in [5, 5.41) is 0. The zero-order valence-corrected chi connectivity index (χ0v) is 17.5. The van der Waals surface area contributed by atoms with Crippen molar-refractivity contribution in [1.29, 1.82) is 0 Å². The van der Waals surface area contributed by atoms with E-state index in [2.05, 4.69) is 0 Å². The Morgan fingerprint density at radius 2 is 1.50 bits per heavy atom. The molecule has 0 radical (unpaired) electrons. The van der Waals surface area contributed by atoms with E-state index in [1.807, 2.05) is 75.4 Å². The Morgan fingerprint density at radius 1 is 0.962 bits per heavy atom. The van der Waals surface area contributed by atoms with Gasteiger partial charge in [-0.05, 0) is 24.6 Å². The van der Waals surface area contributed by atoms with Crippen LogP contribution in [0.4, 0.5) is 0 Å². The topological polar surface area (TPSA) is 52.6 Å². The molecule has 4 nitrogen and oxygen atoms in total. The summed E-state index contributed by atoms with van der Waals surface area (Å²) in [5.41, 5.74) is 1.55. The number of rotatable bonds is 6. The van der Waals surface area contributed by atoms with Crippen molar-refractivity contribution < 1.29 is 17.8 Å². The first-order valence-electron chi connectivity index (χ1n) is 8.51. The summed E-state index contributed by atoms with van der Waals surface area (Å²) in [7, 11) is -2.48. The summed E-state index contributed by atoms with van der Waals surface area (Å²) >= 11 is 0. The van der Waals surface area contributed by atoms with Gasteiger partial charge in [0.15, 0.2) is 4.49 Å². The lowest BCUT2D eigenvalue weighted by Gasteiger charge is -2.27. The standard InChI is InChI=1S/C20H25O4PS/c1-15-11-13-17(14-12-15)26(22)20(25(21,23-4)24-5)18(19(20,2)3)16-9-7-6-8-10-16/h6-14,18H,1-5H3/t18-,20+,26?/m1/s1. The molecule has 0 aromatic heterocycles. The first-order valence-corrected chi connectivity index (χ1v) is 11.2. The van der Waals surface area contributed by atoms with E-state index in [1.54, 1.807) is 0 Å². The van der Waals surface area contributed by atoms with Crippen molar-refractivity contribution in [3.05, 3.63) is 65.7 Å². The largest absolute Gasteiger partial charge is 0.350 e. The van der Waals surface area contributed by atoms with Crippen LogP contribution in [0.1, 0.15) is 30.9 Å². The molecule has 0 amide bonds. The second-order valence-electron chi connectivity index (χ2n) is 7.21. The number of hydrogen-bond donors (Lipinski definition) is 0. The zero-order chi connectivity index (χ0) is 19.2. The van der Waals surface area contributed by atoms with E-state index < -0.39 is 28.3 Å². The lowest BCUT2D eigenvalue weighted by Crippen LogP contribution is -2.26. The van der Waals surface area contributed by atoms with Crippen molar-refractivity contribution in [3.8, 4) is 0 Å². The first-order chi connectivity index (χ1) is 12.3. The van der Waals surface area contributed by atoms with Gasteiger partial charge in [0.2, 0.25) is 0 Å². The van der Waals surface area contributed by atoms with Crippen molar-refractivity contribution in [2.24, 2.45) is 5.41 Å². The monoisotopic (exact) mass is 392 g/mol. The molecule has 1 aliphatic rings. The molecule has 0 bridgehead atoms. The molecule has 6 heteroatoms. The van der Waals surface area contributed by atoms with Crippen LogP contribution in [0.25, 0.3) is 0 Å². The Morgan fingerprint density at radius 3 is 2.00 bits per heavy atom. The minimum absolute atomic E-state index is 0.205. The molecule has 1 fully saturated rings. The molecular formula is C20H25O4PS. The van der Waals surface area contributed by atoms with Gasteiger partial charge in [0, 0.05) is 30.4 Å². The van der Waals surface area contributed by atoms with E-state index in [9.17, 15) is 8.77 Å². The van der Waals surface area contributed by atoms with E-state index in [-0.39, 0.29) is 5.92 Å². The van der Waals surface area contributed by atoms with E-state index >= 15 is 0 Å². The Balaban J connectivity index is 2.21. The predicted molar refractivity (Wildman–Crippen MR) is 105 cm³/mol. The molecule has 3 atom stereocenters. The number of hydrogen-bond acceptors (Lipinski definition) is 4. The Labute approximate surface area is 157 Å². The summed E-state index contributed by atoms with van der Waals surface area (Å²) in [6, 6.07) is 17.3. The van der Waals surface area contributed by atoms with Gasteiger partial charge in [0.1, 0.15) is 0 Å². The first kappa shape index (κ1) is 19.5. The summed E-state index contributed by atoms with van der Waals surface area (Å²) in [6.45, 7) is 5.95. The van der Waals surface area contributed by atoms with Gasteiger partial charge >= 0.3 is 7.60 Å². The zero-order valence-electron chi connectivity index (χ0n) is 15.8. The van der Waals surface area contributed by atoms with Gasteiger partial charge in [-0.2, -0.15) is 0 Å². The highest BCUT2D eigenvalue weighted by molar-refractivity contribution is 7.95. The van der Waals surface area contributed by atoms with Crippen molar-refractivity contribution in [3.63, 3.8) is 0 Å². The van der Waals surface area contributed by atoms with Crippen LogP contribution in [-0.2, 0) is 24.4 Å². The second kappa shape index (κ2) is 6.72. The van der Waals surface area contributed by atoms with E-state index in [0.717, 1.165) is 11.1 Å². The Bertz CT molecular complexity index is 855. The Kier molecular flexibility index (Phi) is 5.04. The molecule has 26 heavy (non-hydrogen) atoms. The molecule has 1 unspecified atom stereocenters. The van der Waals surface area contributed by atoms with Crippen LogP contribution in [0.3, 0.4) is 0 Å². The second-order valence-corrected chi connectivity index (χ2v) is 11.6. The quantitative estimate of drug-likeness (QED) is 0.641. The van der Waals surface area contributed by atoms with Crippen molar-refractivity contribution in [2.45, 2.75) is 36.1 Å². The van der Waals surface area contributed by atoms with Crippen LogP contribution in [0.2, 0.25) is 0 Å². The Hall–Kier alpha value is -1.26. The summed E-state index contributed by atoms with van der Waals surface area (Å²) in [5.74, 6) is -0.205. The fraction of sp³-hybridized carbons (Fsp3) is 0.400. The lowest BCUT2D eigenvalue weighted by atomic mass is 10.0. The van der Waals surface area contributed by atoms with Gasteiger partial charge in [-0.1, -0.05) is 61.9 Å². The fourth-order valence-electron chi connectivity index (χ4n) is 4.13. The van der Waals surface area contributed by atoms with Gasteiger partial charge in [-0.25, -0.2) is 0 Å². The average Bonchev–Trinajstić information content (AvgIpc) is 3.19. The predicted octanol–water partition coefficient (Wildman–Crippen LogP) is 5.11. The minimum Gasteiger partial charge on any atom is -0.311 e. The maximum atomic E-state index is 13.8. The molecule has 2 aromatic carbocycles. The molecule has 2 aromatic rings. The molecule has 0 N–H and O–H groups in total. The van der Waals surface area contributed by atoms with Crippen molar-refractivity contribution >= 4 is 18.4 Å². The molecule has 0 spiro atoms. The van der Waals surface area contributed by atoms with E-state index in [0.29, 0.717) is 4.90 Å². The van der Waals surface area contributed by atoms with Crippen LogP contribution >= 0.6 is 7.60 Å². The van der Waals surface area contributed by atoms with Crippen LogP contribution in [0.5, 0.6) is 0 Å². The van der Waals surface area contributed by atoms with Gasteiger partial charge in [-0.15, -0.1) is 0 Å². The molecule has 0 aliphatic heterocycles. The molecule has 1 saturated carbocycles. The van der Waals surface area contributed by atoms with Crippen molar-refractivity contribution in [2.75, 3.05) is 14.2 Å². The number of aryl methyl sites for hydroxylation is 1. The van der Waals surface area contributed by atoms with Gasteiger partial charge < -0.3 is 9.05 Å². The maximum Gasteiger partial charge on any atom is 0.350 e. The fourth-order valence-corrected chi connectivity index (χ4v) is 9.88. The molecule has 140 valence electrons. The van der Waals surface area contributed by atoms with E-state index in [4.69, 9.17) is 9.05 Å². The van der Waals surface area contributed by atoms with Crippen LogP contribution in [-0.4, -0.2) is 22.9 Å². The van der Waals surface area contributed by atoms with E-state index in [1.165, 1.54) is 14.2 Å². The molecular weight excluding hydrogens is 367 g/mol. The molecule has 0 heterocycles. The van der Waals surface area contributed by atoms with Crippen LogP contribution in [0, 0.1) is 12.3 Å². The normalized spacial score (nSPS) is 25.7. The van der Waals surface area contributed by atoms with Gasteiger partial charge in [0.05, 0.1) is 10.8 Å². The maximum absolute atomic E-state index is 13.8. The highest BCUT2D eigenvalue weighted by atomic mass is 32.2. The average molecular weight is 392 g/mol. The van der Waals surface area contributed by atoms with Crippen molar-refractivity contribution in [1.82, 2.24) is 0 Å². The van der Waals surface area contributed by atoms with Gasteiger partial charge in [0.25, 0.3) is 0 Å². The van der Waals surface area contributed by atoms with Crippen LogP contribution in [0.15, 0.2) is 59.5 Å². The third kappa shape index (κ3) is 2.56. The smallest absolute Gasteiger partial charge is 0.311 e. The minimum atomic E-state index is -3.65. The summed E-state index contributed by atoms with van der Waals surface area (Å²) < 4.78 is 37.1. The SMILES string of the molecule is COP(=O)(OC)[C@]1(S(=O)c2ccc(C)cc2)[C@H](c2ccccc2)C1(C)C. The molecule has 0 saturated heterocycles. The third-order valence-corrected chi connectivity index (χ3v) is 11.3. The highest BCUT2D eigenvalue weighted by Gasteiger charge is 2.84. The summed E-state index contributed by atoms with van der Waals surface area (Å²) in [4.78, 5) is 0.636. The summed E-state index contributed by atoms with van der Waals surface area (Å²) in [6.07, 6.45) is 0. The number of benzene rings is 2. The van der Waals surface area contributed by atoms with Gasteiger partial charge in [-0.3, -0.25) is 8.77 Å². The van der Waals surface area contributed by atoms with Crippen LogP contribution < -0.4 is 0 Å². The lowest BCUT2D eigenvalue weighted by molar-refractivity contribution is 0.266. The highest BCUT2D eigenvalue weighted by Crippen LogP contribution is 2.87. The molecule has 3 rings (SSSR count).